The third-order valence-corrected chi connectivity index (χ3v) is 5.95. The van der Waals surface area contributed by atoms with Gasteiger partial charge in [0.05, 0.1) is 24.6 Å². The number of rotatable bonds is 8. The zero-order valence-corrected chi connectivity index (χ0v) is 20.1. The molecule has 208 valence electrons. The van der Waals surface area contributed by atoms with Crippen molar-refractivity contribution >= 4 is 28.9 Å². The molecule has 10 atom stereocenters. The van der Waals surface area contributed by atoms with Gasteiger partial charge in [-0.25, -0.2) is 0 Å². The van der Waals surface area contributed by atoms with Gasteiger partial charge in [-0.05, 0) is 18.2 Å². The molecule has 10 N–H and O–H groups in total. The zero-order valence-electron chi connectivity index (χ0n) is 20.1. The second-order valence-corrected chi connectivity index (χ2v) is 8.82. The van der Waals surface area contributed by atoms with Crippen LogP contribution in [0.5, 0.6) is 0 Å². The SMILES string of the molecule is CC(=O)Nc1ccc(NC(C)=O)c(N[C@H]2O[C@@H](CO)[C@@H](O[C@@H]3O[C@@H](CO)[C@@H](O)[C@@H](O)[C@@H]3O)[C@@H](O)[C@@H]2O)c1. The van der Waals surface area contributed by atoms with Crippen LogP contribution in [0.25, 0.3) is 0 Å². The van der Waals surface area contributed by atoms with Gasteiger partial charge < -0.3 is 65.9 Å². The van der Waals surface area contributed by atoms with Crippen molar-refractivity contribution in [1.82, 2.24) is 0 Å². The van der Waals surface area contributed by atoms with E-state index in [2.05, 4.69) is 16.0 Å². The van der Waals surface area contributed by atoms with Gasteiger partial charge in [-0.3, -0.25) is 9.59 Å². The minimum Gasteiger partial charge on any atom is -0.394 e. The molecule has 2 fully saturated rings. The van der Waals surface area contributed by atoms with Crippen LogP contribution in [0.2, 0.25) is 0 Å². The van der Waals surface area contributed by atoms with Gasteiger partial charge in [-0.15, -0.1) is 0 Å². The number of hydrogen-bond acceptors (Lipinski definition) is 13. The molecule has 0 radical (unpaired) electrons. The molecule has 0 saturated carbocycles. The maximum atomic E-state index is 11.6. The molecule has 37 heavy (non-hydrogen) atoms. The standard InChI is InChI=1S/C22H33N3O12/c1-8(28)23-10-3-4-11(24-9(2)29)12(5-10)25-21-18(33)17(32)20(14(7-27)35-21)37-22-19(34)16(31)15(30)13(6-26)36-22/h3-5,13-22,25-27,30-34H,6-7H2,1-2H3,(H,23,28)(H,24,29)/t13-,14-,15+,16+,17-,18-,19-,20+,21-,22-/m0/s1. The maximum absolute atomic E-state index is 11.6. The summed E-state index contributed by atoms with van der Waals surface area (Å²) in [5.41, 5.74) is 0.840. The molecule has 15 nitrogen and oxygen atoms in total. The highest BCUT2D eigenvalue weighted by Gasteiger charge is 2.50. The Bertz CT molecular complexity index is 947. The Hall–Kier alpha value is -2.44. The Morgan fingerprint density at radius 3 is 2.05 bits per heavy atom. The Morgan fingerprint density at radius 1 is 0.811 bits per heavy atom. The van der Waals surface area contributed by atoms with E-state index in [9.17, 15) is 45.3 Å². The fourth-order valence-corrected chi connectivity index (χ4v) is 4.11. The van der Waals surface area contributed by atoms with Crippen LogP contribution in [0.3, 0.4) is 0 Å². The van der Waals surface area contributed by atoms with Gasteiger partial charge in [0.1, 0.15) is 48.8 Å². The van der Waals surface area contributed by atoms with Crippen molar-refractivity contribution in [3.63, 3.8) is 0 Å². The summed E-state index contributed by atoms with van der Waals surface area (Å²) in [6.45, 7) is 1.17. The van der Waals surface area contributed by atoms with E-state index in [4.69, 9.17) is 14.2 Å². The topological polar surface area (TPSA) is 240 Å². The first-order valence-electron chi connectivity index (χ1n) is 11.5. The van der Waals surface area contributed by atoms with E-state index < -0.39 is 80.5 Å². The van der Waals surface area contributed by atoms with Crippen LogP contribution < -0.4 is 16.0 Å². The summed E-state index contributed by atoms with van der Waals surface area (Å²) in [6, 6.07) is 4.49. The van der Waals surface area contributed by atoms with Crippen molar-refractivity contribution in [2.75, 3.05) is 29.2 Å². The molecular formula is C22H33N3O12. The van der Waals surface area contributed by atoms with Gasteiger partial charge in [-0.2, -0.15) is 0 Å². The minimum absolute atomic E-state index is 0.211. The van der Waals surface area contributed by atoms with Gasteiger partial charge in [0.25, 0.3) is 0 Å². The highest BCUT2D eigenvalue weighted by Crippen LogP contribution is 2.32. The molecule has 15 heteroatoms. The molecule has 0 aliphatic carbocycles. The molecule has 0 spiro atoms. The van der Waals surface area contributed by atoms with E-state index in [0.29, 0.717) is 5.69 Å². The summed E-state index contributed by atoms with van der Waals surface area (Å²) in [5, 5.41) is 78.9. The number of carbonyl (C=O) groups excluding carboxylic acids is 2. The smallest absolute Gasteiger partial charge is 0.221 e. The van der Waals surface area contributed by atoms with E-state index in [1.165, 1.54) is 32.0 Å². The number of benzene rings is 1. The third kappa shape index (κ3) is 6.71. The van der Waals surface area contributed by atoms with Gasteiger partial charge in [0.15, 0.2) is 12.5 Å². The zero-order chi connectivity index (χ0) is 27.4. The average Bonchev–Trinajstić information content (AvgIpc) is 2.84. The van der Waals surface area contributed by atoms with Crippen LogP contribution in [0.15, 0.2) is 18.2 Å². The van der Waals surface area contributed by atoms with Crippen molar-refractivity contribution in [3.8, 4) is 0 Å². The molecule has 2 aliphatic heterocycles. The van der Waals surface area contributed by atoms with Crippen LogP contribution in [-0.4, -0.2) is 122 Å². The van der Waals surface area contributed by atoms with Crippen LogP contribution in [0, 0.1) is 0 Å². The van der Waals surface area contributed by atoms with Crippen molar-refractivity contribution in [3.05, 3.63) is 18.2 Å². The number of aliphatic hydroxyl groups is 7. The molecule has 2 saturated heterocycles. The average molecular weight is 532 g/mol. The molecule has 0 unspecified atom stereocenters. The molecule has 1 aromatic carbocycles. The number of ether oxygens (including phenoxy) is 3. The van der Waals surface area contributed by atoms with Crippen LogP contribution in [0.4, 0.5) is 17.1 Å². The van der Waals surface area contributed by atoms with Crippen LogP contribution in [0.1, 0.15) is 13.8 Å². The Balaban J connectivity index is 1.80. The highest BCUT2D eigenvalue weighted by atomic mass is 16.7. The molecule has 2 aliphatic rings. The first kappa shape index (κ1) is 29.1. The number of nitrogens with one attached hydrogen (secondary N) is 3. The quantitative estimate of drug-likeness (QED) is 0.158. The third-order valence-electron chi connectivity index (χ3n) is 5.95. The minimum atomic E-state index is -1.78. The predicted molar refractivity (Wildman–Crippen MR) is 125 cm³/mol. The lowest BCUT2D eigenvalue weighted by Gasteiger charge is -2.46. The van der Waals surface area contributed by atoms with Crippen LogP contribution >= 0.6 is 0 Å². The van der Waals surface area contributed by atoms with Gasteiger partial charge in [0.2, 0.25) is 11.8 Å². The number of amides is 2. The second kappa shape index (κ2) is 12.4. The van der Waals surface area contributed by atoms with Gasteiger partial charge >= 0.3 is 0 Å². The first-order chi connectivity index (χ1) is 17.5. The fraction of sp³-hybridized carbons (Fsp3) is 0.636. The first-order valence-corrected chi connectivity index (χ1v) is 11.5. The molecule has 0 aromatic heterocycles. The summed E-state index contributed by atoms with van der Waals surface area (Å²) in [5.74, 6) is -0.752. The van der Waals surface area contributed by atoms with E-state index in [1.807, 2.05) is 0 Å². The molecule has 1 aromatic rings. The Labute approximate surface area is 211 Å². The molecular weight excluding hydrogens is 498 g/mol. The fourth-order valence-electron chi connectivity index (χ4n) is 4.11. The summed E-state index contributed by atoms with van der Waals surface area (Å²) in [7, 11) is 0. The second-order valence-electron chi connectivity index (χ2n) is 8.82. The molecule has 2 heterocycles. The monoisotopic (exact) mass is 531 g/mol. The van der Waals surface area contributed by atoms with E-state index in [1.54, 1.807) is 0 Å². The highest BCUT2D eigenvalue weighted by molar-refractivity contribution is 5.95. The molecule has 0 bridgehead atoms. The van der Waals surface area contributed by atoms with Gasteiger partial charge in [-0.1, -0.05) is 0 Å². The molecule has 3 rings (SSSR count). The number of carbonyl (C=O) groups is 2. The van der Waals surface area contributed by atoms with E-state index in [-0.39, 0.29) is 17.3 Å². The number of aliphatic hydroxyl groups excluding tert-OH is 7. The summed E-state index contributed by atoms with van der Waals surface area (Å²) in [6.07, 6.45) is -15.6. The number of anilines is 3. The summed E-state index contributed by atoms with van der Waals surface area (Å²) < 4.78 is 16.5. The van der Waals surface area contributed by atoms with Gasteiger partial charge in [0, 0.05) is 19.5 Å². The number of hydrogen-bond donors (Lipinski definition) is 10. The lowest BCUT2D eigenvalue weighted by Crippen LogP contribution is -2.65. The van der Waals surface area contributed by atoms with E-state index >= 15 is 0 Å². The van der Waals surface area contributed by atoms with Crippen molar-refractivity contribution in [2.45, 2.75) is 75.2 Å². The Morgan fingerprint density at radius 2 is 1.46 bits per heavy atom. The maximum Gasteiger partial charge on any atom is 0.221 e. The van der Waals surface area contributed by atoms with E-state index in [0.717, 1.165) is 0 Å². The summed E-state index contributed by atoms with van der Waals surface area (Å²) in [4.78, 5) is 23.1. The normalized spacial score (nSPS) is 36.0. The molecule has 2 amide bonds. The van der Waals surface area contributed by atoms with Crippen molar-refractivity contribution in [2.24, 2.45) is 0 Å². The van der Waals surface area contributed by atoms with Crippen molar-refractivity contribution < 1.29 is 59.5 Å². The lowest BCUT2D eigenvalue weighted by molar-refractivity contribution is -0.340. The predicted octanol–water partition coefficient (Wildman–Crippen LogP) is -3.36. The summed E-state index contributed by atoms with van der Waals surface area (Å²) >= 11 is 0. The van der Waals surface area contributed by atoms with Crippen LogP contribution in [-0.2, 0) is 23.8 Å². The lowest BCUT2D eigenvalue weighted by atomic mass is 9.96. The largest absolute Gasteiger partial charge is 0.394 e. The Kier molecular flexibility index (Phi) is 9.76. The van der Waals surface area contributed by atoms with Crippen molar-refractivity contribution in [1.29, 1.82) is 0 Å².